The van der Waals surface area contributed by atoms with Crippen molar-refractivity contribution >= 4 is 0 Å². The molecule has 1 nitrogen and oxygen atoms in total. The van der Waals surface area contributed by atoms with Crippen LogP contribution in [0, 0.1) is 5.92 Å². The van der Waals surface area contributed by atoms with Crippen LogP contribution in [0.4, 0.5) is 0 Å². The average molecular weight is 230 g/mol. The zero-order valence-corrected chi connectivity index (χ0v) is 11.1. The number of para-hydroxylation sites is 1. The molecule has 3 rings (SSSR count). The molecule has 1 atom stereocenters. The van der Waals surface area contributed by atoms with Gasteiger partial charge >= 0.3 is 0 Å². The third-order valence-corrected chi connectivity index (χ3v) is 4.72. The molecule has 0 amide bonds. The molecule has 0 N–H and O–H groups in total. The van der Waals surface area contributed by atoms with Crippen molar-refractivity contribution in [2.45, 2.75) is 50.9 Å². The molecule has 1 unspecified atom stereocenters. The summed E-state index contributed by atoms with van der Waals surface area (Å²) in [5.74, 6) is 2.73. The Balaban J connectivity index is 2.02. The molecule has 1 heteroatoms. The Kier molecular flexibility index (Phi) is 2.46. The Bertz CT molecular complexity index is 427. The van der Waals surface area contributed by atoms with Gasteiger partial charge in [-0.1, -0.05) is 32.0 Å². The van der Waals surface area contributed by atoms with E-state index in [2.05, 4.69) is 32.0 Å². The maximum atomic E-state index is 5.74. The maximum absolute atomic E-state index is 5.74. The molecule has 0 aromatic heterocycles. The van der Waals surface area contributed by atoms with Crippen molar-refractivity contribution in [3.63, 3.8) is 0 Å². The van der Waals surface area contributed by atoms with Gasteiger partial charge < -0.3 is 4.74 Å². The molecule has 0 aliphatic heterocycles. The molecular formula is C16H22O. The molecule has 0 bridgehead atoms. The Morgan fingerprint density at radius 1 is 1.29 bits per heavy atom. The van der Waals surface area contributed by atoms with E-state index in [1.807, 2.05) is 7.11 Å². The van der Waals surface area contributed by atoms with Crippen LogP contribution in [0.15, 0.2) is 18.2 Å². The van der Waals surface area contributed by atoms with E-state index in [9.17, 15) is 0 Å². The van der Waals surface area contributed by atoms with Gasteiger partial charge in [-0.3, -0.25) is 0 Å². The SMILES string of the molecule is COc1c(C(C)C2CC2)cccc1C1(C)CC1. The normalized spacial score (nSPS) is 23.2. The number of rotatable bonds is 4. The van der Waals surface area contributed by atoms with Crippen LogP contribution in [-0.4, -0.2) is 7.11 Å². The molecule has 0 radical (unpaired) electrons. The van der Waals surface area contributed by atoms with Crippen molar-refractivity contribution in [1.29, 1.82) is 0 Å². The summed E-state index contributed by atoms with van der Waals surface area (Å²) < 4.78 is 5.74. The lowest BCUT2D eigenvalue weighted by Crippen LogP contribution is -2.07. The lowest BCUT2D eigenvalue weighted by Gasteiger charge is -2.21. The highest BCUT2D eigenvalue weighted by molar-refractivity contribution is 5.49. The van der Waals surface area contributed by atoms with E-state index in [4.69, 9.17) is 4.74 Å². The van der Waals surface area contributed by atoms with E-state index in [0.29, 0.717) is 11.3 Å². The first-order chi connectivity index (χ1) is 8.15. The minimum atomic E-state index is 0.393. The van der Waals surface area contributed by atoms with Crippen LogP contribution in [0.5, 0.6) is 5.75 Å². The van der Waals surface area contributed by atoms with E-state index in [0.717, 1.165) is 5.92 Å². The molecule has 0 heterocycles. The zero-order chi connectivity index (χ0) is 12.0. The molecule has 2 aliphatic carbocycles. The highest BCUT2D eigenvalue weighted by Crippen LogP contribution is 2.53. The number of ether oxygens (including phenoxy) is 1. The first-order valence-electron chi connectivity index (χ1n) is 6.83. The lowest BCUT2D eigenvalue weighted by atomic mass is 9.89. The van der Waals surface area contributed by atoms with Crippen LogP contribution in [0.1, 0.15) is 56.6 Å². The molecule has 0 spiro atoms. The minimum Gasteiger partial charge on any atom is -0.496 e. The van der Waals surface area contributed by atoms with E-state index < -0.39 is 0 Å². The molecule has 92 valence electrons. The maximum Gasteiger partial charge on any atom is 0.126 e. The van der Waals surface area contributed by atoms with Gasteiger partial charge in [0.25, 0.3) is 0 Å². The Morgan fingerprint density at radius 2 is 2.00 bits per heavy atom. The molecule has 2 fully saturated rings. The smallest absolute Gasteiger partial charge is 0.126 e. The van der Waals surface area contributed by atoms with Gasteiger partial charge in [-0.2, -0.15) is 0 Å². The van der Waals surface area contributed by atoms with Crippen molar-refractivity contribution in [1.82, 2.24) is 0 Å². The van der Waals surface area contributed by atoms with Crippen LogP contribution in [0.2, 0.25) is 0 Å². The number of benzene rings is 1. The average Bonchev–Trinajstić information content (AvgIpc) is 3.22. The summed E-state index contributed by atoms with van der Waals surface area (Å²) in [5.41, 5.74) is 3.26. The summed E-state index contributed by atoms with van der Waals surface area (Å²) in [6, 6.07) is 6.74. The molecule has 2 saturated carbocycles. The number of hydrogen-bond donors (Lipinski definition) is 0. The fourth-order valence-corrected chi connectivity index (χ4v) is 2.92. The second-order valence-electron chi connectivity index (χ2n) is 6.11. The summed E-state index contributed by atoms with van der Waals surface area (Å²) in [6.45, 7) is 4.71. The quantitative estimate of drug-likeness (QED) is 0.751. The van der Waals surface area contributed by atoms with Gasteiger partial charge in [-0.15, -0.1) is 0 Å². The van der Waals surface area contributed by atoms with E-state index >= 15 is 0 Å². The zero-order valence-electron chi connectivity index (χ0n) is 11.1. The van der Waals surface area contributed by atoms with Gasteiger partial charge in [0.2, 0.25) is 0 Å². The van der Waals surface area contributed by atoms with Crippen molar-refractivity contribution in [3.8, 4) is 5.75 Å². The van der Waals surface area contributed by atoms with Gasteiger partial charge in [0, 0.05) is 5.56 Å². The fraction of sp³-hybridized carbons (Fsp3) is 0.625. The Labute approximate surface area is 104 Å². The summed E-state index contributed by atoms with van der Waals surface area (Å²) in [7, 11) is 1.83. The molecular weight excluding hydrogens is 208 g/mol. The van der Waals surface area contributed by atoms with Crippen LogP contribution in [-0.2, 0) is 5.41 Å². The third-order valence-electron chi connectivity index (χ3n) is 4.72. The van der Waals surface area contributed by atoms with Gasteiger partial charge in [-0.05, 0) is 48.5 Å². The predicted octanol–water partition coefficient (Wildman–Crippen LogP) is 4.26. The Morgan fingerprint density at radius 3 is 2.53 bits per heavy atom. The standard InChI is InChI=1S/C16H22O/c1-11(12-7-8-12)13-5-4-6-14(15(13)17-3)16(2)9-10-16/h4-6,11-12H,7-10H2,1-3H3. The van der Waals surface area contributed by atoms with Crippen LogP contribution in [0.25, 0.3) is 0 Å². The molecule has 1 aromatic carbocycles. The summed E-state index contributed by atoms with van der Waals surface area (Å²) in [4.78, 5) is 0. The largest absolute Gasteiger partial charge is 0.496 e. The van der Waals surface area contributed by atoms with Gasteiger partial charge in [0.05, 0.1) is 7.11 Å². The van der Waals surface area contributed by atoms with Crippen molar-refractivity contribution in [2.24, 2.45) is 5.92 Å². The molecule has 17 heavy (non-hydrogen) atoms. The molecule has 2 aliphatic rings. The van der Waals surface area contributed by atoms with Crippen molar-refractivity contribution in [3.05, 3.63) is 29.3 Å². The van der Waals surface area contributed by atoms with Crippen LogP contribution >= 0.6 is 0 Å². The summed E-state index contributed by atoms with van der Waals surface area (Å²) in [6.07, 6.45) is 5.41. The summed E-state index contributed by atoms with van der Waals surface area (Å²) in [5, 5.41) is 0. The summed E-state index contributed by atoms with van der Waals surface area (Å²) >= 11 is 0. The predicted molar refractivity (Wildman–Crippen MR) is 70.7 cm³/mol. The lowest BCUT2D eigenvalue weighted by molar-refractivity contribution is 0.395. The van der Waals surface area contributed by atoms with Gasteiger partial charge in [0.15, 0.2) is 0 Å². The minimum absolute atomic E-state index is 0.393. The highest BCUT2D eigenvalue weighted by Gasteiger charge is 2.42. The monoisotopic (exact) mass is 230 g/mol. The topological polar surface area (TPSA) is 9.23 Å². The van der Waals surface area contributed by atoms with E-state index in [-0.39, 0.29) is 0 Å². The second-order valence-corrected chi connectivity index (χ2v) is 6.11. The van der Waals surface area contributed by atoms with Crippen molar-refractivity contribution in [2.75, 3.05) is 7.11 Å². The van der Waals surface area contributed by atoms with Crippen LogP contribution < -0.4 is 4.74 Å². The van der Waals surface area contributed by atoms with Crippen molar-refractivity contribution < 1.29 is 4.74 Å². The first kappa shape index (κ1) is 11.1. The number of hydrogen-bond acceptors (Lipinski definition) is 1. The second kappa shape index (κ2) is 3.76. The van der Waals surface area contributed by atoms with Crippen LogP contribution in [0.3, 0.4) is 0 Å². The fourth-order valence-electron chi connectivity index (χ4n) is 2.92. The Hall–Kier alpha value is -0.980. The molecule has 1 aromatic rings. The third kappa shape index (κ3) is 1.86. The molecule has 0 saturated heterocycles. The van der Waals surface area contributed by atoms with Gasteiger partial charge in [0.1, 0.15) is 5.75 Å². The van der Waals surface area contributed by atoms with E-state index in [1.165, 1.54) is 42.6 Å². The van der Waals surface area contributed by atoms with E-state index in [1.54, 1.807) is 0 Å². The first-order valence-corrected chi connectivity index (χ1v) is 6.83. The van der Waals surface area contributed by atoms with Gasteiger partial charge in [-0.25, -0.2) is 0 Å². The number of methoxy groups -OCH3 is 1. The highest BCUT2D eigenvalue weighted by atomic mass is 16.5.